The number of hydrogen-bond acceptors (Lipinski definition) is 1. The lowest BCUT2D eigenvalue weighted by molar-refractivity contribution is 0.703. The van der Waals surface area contributed by atoms with Crippen molar-refractivity contribution in [1.29, 1.82) is 0 Å². The number of fused-ring (bicyclic) bond motifs is 1. The lowest BCUT2D eigenvalue weighted by Gasteiger charge is -2.08. The molecule has 0 unspecified atom stereocenters. The fraction of sp³-hybridized carbons (Fsp3) is 0.235. The normalized spacial score (nSPS) is 11.2. The summed E-state index contributed by atoms with van der Waals surface area (Å²) >= 11 is 12.5. The van der Waals surface area contributed by atoms with Crippen LogP contribution in [0.15, 0.2) is 42.7 Å². The average Bonchev–Trinajstić information content (AvgIpc) is 2.88. The Labute approximate surface area is 134 Å². The Kier molecular flexibility index (Phi) is 4.18. The van der Waals surface area contributed by atoms with E-state index in [1.807, 2.05) is 24.4 Å². The van der Waals surface area contributed by atoms with Gasteiger partial charge in [0.2, 0.25) is 0 Å². The summed E-state index contributed by atoms with van der Waals surface area (Å²) < 4.78 is 2.26. The van der Waals surface area contributed by atoms with E-state index in [0.29, 0.717) is 16.5 Å². The van der Waals surface area contributed by atoms with Crippen molar-refractivity contribution in [1.82, 2.24) is 9.55 Å². The van der Waals surface area contributed by atoms with E-state index in [4.69, 9.17) is 23.2 Å². The van der Waals surface area contributed by atoms with Crippen molar-refractivity contribution >= 4 is 34.1 Å². The highest BCUT2D eigenvalue weighted by molar-refractivity contribution is 6.36. The van der Waals surface area contributed by atoms with Gasteiger partial charge in [-0.3, -0.25) is 4.98 Å². The first-order valence-electron chi connectivity index (χ1n) is 7.06. The molecule has 0 aliphatic carbocycles. The lowest BCUT2D eigenvalue weighted by atomic mass is 10.1. The second-order valence-electron chi connectivity index (χ2n) is 5.08. The highest BCUT2D eigenvalue weighted by Crippen LogP contribution is 2.29. The fourth-order valence-corrected chi connectivity index (χ4v) is 3.16. The lowest BCUT2D eigenvalue weighted by Crippen LogP contribution is -1.97. The first kappa shape index (κ1) is 14.4. The maximum atomic E-state index is 6.27. The molecular weight excluding hydrogens is 303 g/mol. The summed E-state index contributed by atoms with van der Waals surface area (Å²) in [6.45, 7) is 3.19. The third kappa shape index (κ3) is 2.78. The predicted octanol–water partition coefficient (Wildman–Crippen LogP) is 5.34. The molecule has 2 nitrogen and oxygen atoms in total. The summed E-state index contributed by atoms with van der Waals surface area (Å²) in [5.41, 5.74) is 3.16. The second-order valence-corrected chi connectivity index (χ2v) is 5.89. The third-order valence-electron chi connectivity index (χ3n) is 3.65. The number of rotatable bonds is 4. The van der Waals surface area contributed by atoms with Gasteiger partial charge in [0, 0.05) is 40.8 Å². The monoisotopic (exact) mass is 318 g/mol. The molecule has 0 atom stereocenters. The molecule has 0 radical (unpaired) electrons. The van der Waals surface area contributed by atoms with E-state index in [1.54, 1.807) is 0 Å². The van der Waals surface area contributed by atoms with E-state index in [2.05, 4.69) is 34.8 Å². The van der Waals surface area contributed by atoms with Gasteiger partial charge in [0.1, 0.15) is 0 Å². The van der Waals surface area contributed by atoms with E-state index in [-0.39, 0.29) is 0 Å². The van der Waals surface area contributed by atoms with Crippen LogP contribution in [0.2, 0.25) is 10.0 Å². The van der Waals surface area contributed by atoms with Crippen LogP contribution in [0.3, 0.4) is 0 Å². The molecule has 0 spiro atoms. The van der Waals surface area contributed by atoms with Crippen molar-refractivity contribution in [3.05, 3.63) is 64.0 Å². The van der Waals surface area contributed by atoms with Gasteiger partial charge in [0.15, 0.2) is 0 Å². The topological polar surface area (TPSA) is 17.8 Å². The molecule has 3 rings (SSSR count). The zero-order chi connectivity index (χ0) is 14.8. The summed E-state index contributed by atoms with van der Waals surface area (Å²) in [4.78, 5) is 4.53. The van der Waals surface area contributed by atoms with Crippen LogP contribution in [0, 0.1) is 0 Å². The summed E-state index contributed by atoms with van der Waals surface area (Å²) in [5.74, 6) is 0. The Morgan fingerprint density at radius 2 is 1.86 bits per heavy atom. The Morgan fingerprint density at radius 1 is 1.10 bits per heavy atom. The van der Waals surface area contributed by atoms with E-state index in [1.165, 1.54) is 10.9 Å². The largest absolute Gasteiger partial charge is 0.347 e. The van der Waals surface area contributed by atoms with E-state index in [0.717, 1.165) is 24.2 Å². The smallest absolute Gasteiger partial charge is 0.0542 e. The number of halogens is 2. The molecule has 0 bridgehead atoms. The number of aryl methyl sites for hydroxylation is 1. The zero-order valence-corrected chi connectivity index (χ0v) is 13.3. The van der Waals surface area contributed by atoms with Gasteiger partial charge in [0.25, 0.3) is 0 Å². The van der Waals surface area contributed by atoms with Gasteiger partial charge in [-0.05, 0) is 36.2 Å². The van der Waals surface area contributed by atoms with E-state index < -0.39 is 0 Å². The second kappa shape index (κ2) is 6.08. The van der Waals surface area contributed by atoms with Crippen molar-refractivity contribution in [2.75, 3.05) is 0 Å². The Hall–Kier alpha value is -1.51. The van der Waals surface area contributed by atoms with Gasteiger partial charge < -0.3 is 4.57 Å². The van der Waals surface area contributed by atoms with Crippen molar-refractivity contribution in [2.45, 2.75) is 26.3 Å². The molecule has 0 saturated heterocycles. The Balaban J connectivity index is 2.05. The van der Waals surface area contributed by atoms with Crippen LogP contribution in [0.1, 0.15) is 24.6 Å². The minimum absolute atomic E-state index is 0.645. The van der Waals surface area contributed by atoms with Gasteiger partial charge in [-0.15, -0.1) is 0 Å². The van der Waals surface area contributed by atoms with Crippen molar-refractivity contribution in [3.8, 4) is 0 Å². The van der Waals surface area contributed by atoms with E-state index >= 15 is 0 Å². The molecule has 21 heavy (non-hydrogen) atoms. The van der Waals surface area contributed by atoms with Gasteiger partial charge in [-0.2, -0.15) is 0 Å². The van der Waals surface area contributed by atoms with Gasteiger partial charge >= 0.3 is 0 Å². The van der Waals surface area contributed by atoms with Crippen LogP contribution in [-0.4, -0.2) is 9.55 Å². The molecule has 2 aromatic heterocycles. The van der Waals surface area contributed by atoms with Crippen molar-refractivity contribution < 1.29 is 0 Å². The van der Waals surface area contributed by atoms with Crippen molar-refractivity contribution in [3.63, 3.8) is 0 Å². The first-order valence-corrected chi connectivity index (χ1v) is 7.82. The molecule has 4 heteroatoms. The van der Waals surface area contributed by atoms with Crippen molar-refractivity contribution in [2.24, 2.45) is 0 Å². The molecule has 0 N–H and O–H groups in total. The van der Waals surface area contributed by atoms with Gasteiger partial charge in [-0.1, -0.05) is 36.2 Å². The molecule has 0 aliphatic heterocycles. The summed E-state index contributed by atoms with van der Waals surface area (Å²) in [6, 6.07) is 9.77. The average molecular weight is 319 g/mol. The van der Waals surface area contributed by atoms with Gasteiger partial charge in [0.05, 0.1) is 11.2 Å². The van der Waals surface area contributed by atoms with Crippen LogP contribution in [0.5, 0.6) is 0 Å². The molecule has 0 amide bonds. The minimum atomic E-state index is 0.645. The molecule has 1 aromatic carbocycles. The highest BCUT2D eigenvalue weighted by atomic mass is 35.5. The summed E-state index contributed by atoms with van der Waals surface area (Å²) in [7, 11) is 0. The maximum Gasteiger partial charge on any atom is 0.0542 e. The quantitative estimate of drug-likeness (QED) is 0.634. The SMILES string of the molecule is CCCn1ccc2c(Cc3c(Cl)cccc3Cl)nccc21. The van der Waals surface area contributed by atoms with Crippen LogP contribution < -0.4 is 0 Å². The molecular formula is C17H16Cl2N2. The number of benzene rings is 1. The zero-order valence-electron chi connectivity index (χ0n) is 11.8. The third-order valence-corrected chi connectivity index (χ3v) is 4.36. The minimum Gasteiger partial charge on any atom is -0.347 e. The van der Waals surface area contributed by atoms with Gasteiger partial charge in [-0.25, -0.2) is 0 Å². The fourth-order valence-electron chi connectivity index (χ4n) is 2.63. The van der Waals surface area contributed by atoms with Crippen LogP contribution in [0.4, 0.5) is 0 Å². The standard InChI is InChI=1S/C17H16Cl2N2/c1-2-9-21-10-7-12-16(20-8-6-17(12)21)11-13-14(18)4-3-5-15(13)19/h3-8,10H,2,9,11H2,1H3. The Bertz CT molecular complexity index is 757. The Morgan fingerprint density at radius 3 is 2.57 bits per heavy atom. The number of pyridine rings is 1. The molecule has 3 aromatic rings. The molecule has 0 aliphatic rings. The molecule has 2 heterocycles. The number of hydrogen-bond donors (Lipinski definition) is 0. The predicted molar refractivity (Wildman–Crippen MR) is 89.3 cm³/mol. The highest BCUT2D eigenvalue weighted by Gasteiger charge is 2.11. The molecule has 108 valence electrons. The van der Waals surface area contributed by atoms with Crippen LogP contribution in [-0.2, 0) is 13.0 Å². The van der Waals surface area contributed by atoms with Crippen LogP contribution in [0.25, 0.3) is 10.9 Å². The number of nitrogens with zero attached hydrogens (tertiary/aromatic N) is 2. The molecule has 0 fully saturated rings. The van der Waals surface area contributed by atoms with E-state index in [9.17, 15) is 0 Å². The number of aromatic nitrogens is 2. The van der Waals surface area contributed by atoms with Crippen LogP contribution >= 0.6 is 23.2 Å². The summed E-state index contributed by atoms with van der Waals surface area (Å²) in [5, 5.41) is 2.55. The summed E-state index contributed by atoms with van der Waals surface area (Å²) in [6.07, 6.45) is 5.73. The first-order chi connectivity index (χ1) is 10.2. The molecule has 0 saturated carbocycles. The maximum absolute atomic E-state index is 6.27.